The predicted molar refractivity (Wildman–Crippen MR) is 132 cm³/mol. The van der Waals surface area contributed by atoms with Crippen molar-refractivity contribution in [3.63, 3.8) is 0 Å². The first kappa shape index (κ1) is 23.9. The Morgan fingerprint density at radius 1 is 1.18 bits per heavy atom. The number of halogens is 1. The fourth-order valence-electron chi connectivity index (χ4n) is 4.26. The van der Waals surface area contributed by atoms with E-state index in [4.69, 9.17) is 16.3 Å². The Labute approximate surface area is 203 Å². The van der Waals surface area contributed by atoms with Gasteiger partial charge in [0.15, 0.2) is 5.82 Å². The van der Waals surface area contributed by atoms with Gasteiger partial charge in [-0.05, 0) is 49.3 Å². The van der Waals surface area contributed by atoms with Crippen LogP contribution in [-0.2, 0) is 9.53 Å². The molecule has 0 saturated carbocycles. The summed E-state index contributed by atoms with van der Waals surface area (Å²) in [5, 5.41) is 3.55. The molecule has 2 aliphatic rings. The average Bonchev–Trinajstić information content (AvgIpc) is 2.85. The van der Waals surface area contributed by atoms with Gasteiger partial charge >= 0.3 is 0 Å². The van der Waals surface area contributed by atoms with Gasteiger partial charge in [-0.25, -0.2) is 4.98 Å². The second-order valence-corrected chi connectivity index (χ2v) is 9.65. The maximum Gasteiger partial charge on any atom is 0.255 e. The molecule has 0 bridgehead atoms. The molecule has 0 unspecified atom stereocenters. The number of anilines is 2. The molecule has 2 aliphatic heterocycles. The normalized spacial score (nSPS) is 17.2. The van der Waals surface area contributed by atoms with Crippen LogP contribution in [0, 0.1) is 5.92 Å². The Kier molecular flexibility index (Phi) is 8.11. The summed E-state index contributed by atoms with van der Waals surface area (Å²) in [6.45, 7) is 4.24. The summed E-state index contributed by atoms with van der Waals surface area (Å²) in [5.41, 5.74) is 1.19. The molecule has 7 nitrogen and oxygen atoms in total. The van der Waals surface area contributed by atoms with Crippen LogP contribution in [0.15, 0.2) is 41.4 Å². The van der Waals surface area contributed by atoms with E-state index in [1.807, 2.05) is 23.4 Å². The lowest BCUT2D eigenvalue weighted by Crippen LogP contribution is -2.42. The first-order chi connectivity index (χ1) is 16.0. The van der Waals surface area contributed by atoms with E-state index in [9.17, 15) is 9.59 Å². The fraction of sp³-hybridized carbons (Fsp3) is 0.458. The molecular weight excluding hydrogens is 460 g/mol. The predicted octanol–water partition coefficient (Wildman–Crippen LogP) is 4.17. The third kappa shape index (κ3) is 6.19. The smallest absolute Gasteiger partial charge is 0.255 e. The number of nitrogens with one attached hydrogen (secondary N) is 1. The molecule has 0 spiro atoms. The van der Waals surface area contributed by atoms with Crippen LogP contribution in [0.25, 0.3) is 0 Å². The minimum atomic E-state index is -0.218. The molecule has 176 valence electrons. The third-order valence-electron chi connectivity index (χ3n) is 6.15. The highest BCUT2D eigenvalue weighted by molar-refractivity contribution is 7.98. The second kappa shape index (κ2) is 11.2. The third-order valence-corrected chi connectivity index (χ3v) is 7.08. The number of hydrogen-bond acceptors (Lipinski definition) is 6. The minimum absolute atomic E-state index is 0.218. The molecule has 1 N–H and O–H groups in total. The number of carbonyl (C=O) groups is 2. The zero-order valence-electron chi connectivity index (χ0n) is 18.8. The standard InChI is InChI=1S/C24H29ClN4O3S/c1-33-20-15-21(27-24(31)18-3-2-4-19(25)14-18)23(26-16-20)29-7-5-17(6-8-29)13-22(30)28-9-11-32-12-10-28/h2-4,14-17H,5-13H2,1H3,(H,27,31). The number of rotatable bonds is 6. The minimum Gasteiger partial charge on any atom is -0.378 e. The summed E-state index contributed by atoms with van der Waals surface area (Å²) in [6.07, 6.45) is 6.25. The number of morpholine rings is 1. The summed E-state index contributed by atoms with van der Waals surface area (Å²) >= 11 is 7.63. The van der Waals surface area contributed by atoms with Gasteiger partial charge in [0.1, 0.15) is 0 Å². The molecule has 2 amide bonds. The van der Waals surface area contributed by atoms with Crippen molar-refractivity contribution in [3.8, 4) is 0 Å². The molecule has 0 aliphatic carbocycles. The zero-order valence-corrected chi connectivity index (χ0v) is 20.3. The van der Waals surface area contributed by atoms with E-state index in [1.54, 1.807) is 36.0 Å². The van der Waals surface area contributed by atoms with Crippen molar-refractivity contribution in [2.45, 2.75) is 24.2 Å². The number of aromatic nitrogens is 1. The van der Waals surface area contributed by atoms with E-state index in [0.717, 1.165) is 36.6 Å². The maximum absolute atomic E-state index is 12.9. The number of thioether (sulfide) groups is 1. The molecule has 2 fully saturated rings. The number of amides is 2. The molecule has 2 saturated heterocycles. The van der Waals surface area contributed by atoms with E-state index >= 15 is 0 Å². The van der Waals surface area contributed by atoms with Crippen LogP contribution >= 0.6 is 23.4 Å². The van der Waals surface area contributed by atoms with Gasteiger partial charge in [-0.15, -0.1) is 11.8 Å². The van der Waals surface area contributed by atoms with Crippen LogP contribution in [0.2, 0.25) is 5.02 Å². The van der Waals surface area contributed by atoms with Gasteiger partial charge in [0, 0.05) is 54.3 Å². The van der Waals surface area contributed by atoms with Gasteiger partial charge in [0.05, 0.1) is 18.9 Å². The molecule has 9 heteroatoms. The number of benzene rings is 1. The van der Waals surface area contributed by atoms with Crippen LogP contribution in [0.3, 0.4) is 0 Å². The summed E-state index contributed by atoms with van der Waals surface area (Å²) in [4.78, 5) is 35.2. The summed E-state index contributed by atoms with van der Waals surface area (Å²) in [6, 6.07) is 8.86. The summed E-state index contributed by atoms with van der Waals surface area (Å²) in [7, 11) is 0. The Bertz CT molecular complexity index is 991. The Morgan fingerprint density at radius 3 is 2.64 bits per heavy atom. The van der Waals surface area contributed by atoms with E-state index in [1.165, 1.54) is 0 Å². The fourth-order valence-corrected chi connectivity index (χ4v) is 4.84. The maximum atomic E-state index is 12.9. The van der Waals surface area contributed by atoms with Gasteiger partial charge in [-0.2, -0.15) is 0 Å². The van der Waals surface area contributed by atoms with E-state index < -0.39 is 0 Å². The number of carbonyl (C=O) groups excluding carboxylic acids is 2. The lowest BCUT2D eigenvalue weighted by atomic mass is 9.93. The van der Waals surface area contributed by atoms with Crippen molar-refractivity contribution in [2.75, 3.05) is 55.9 Å². The lowest BCUT2D eigenvalue weighted by molar-refractivity contribution is -0.136. The van der Waals surface area contributed by atoms with Crippen LogP contribution in [0.1, 0.15) is 29.6 Å². The number of pyridine rings is 1. The topological polar surface area (TPSA) is 74.8 Å². The Hall–Kier alpha value is -2.29. The monoisotopic (exact) mass is 488 g/mol. The van der Waals surface area contributed by atoms with Crippen molar-refractivity contribution in [1.29, 1.82) is 0 Å². The number of nitrogens with zero attached hydrogens (tertiary/aromatic N) is 3. The lowest BCUT2D eigenvalue weighted by Gasteiger charge is -2.35. The molecule has 1 aromatic heterocycles. The highest BCUT2D eigenvalue weighted by atomic mass is 35.5. The average molecular weight is 489 g/mol. The van der Waals surface area contributed by atoms with Crippen LogP contribution < -0.4 is 10.2 Å². The van der Waals surface area contributed by atoms with E-state index in [0.29, 0.717) is 54.9 Å². The number of piperidine rings is 1. The molecule has 0 atom stereocenters. The Balaban J connectivity index is 1.41. The first-order valence-corrected chi connectivity index (χ1v) is 12.8. The van der Waals surface area contributed by atoms with Gasteiger partial charge in [0.2, 0.25) is 5.91 Å². The van der Waals surface area contributed by atoms with Crippen molar-refractivity contribution in [3.05, 3.63) is 47.1 Å². The van der Waals surface area contributed by atoms with Gasteiger partial charge in [0.25, 0.3) is 5.91 Å². The van der Waals surface area contributed by atoms with Crippen molar-refractivity contribution < 1.29 is 14.3 Å². The molecule has 3 heterocycles. The Morgan fingerprint density at radius 2 is 1.94 bits per heavy atom. The second-order valence-electron chi connectivity index (χ2n) is 8.34. The first-order valence-electron chi connectivity index (χ1n) is 11.2. The van der Waals surface area contributed by atoms with Crippen LogP contribution in [0.4, 0.5) is 11.5 Å². The van der Waals surface area contributed by atoms with Gasteiger partial charge in [-0.1, -0.05) is 17.7 Å². The molecule has 0 radical (unpaired) electrons. The van der Waals surface area contributed by atoms with Crippen molar-refractivity contribution in [2.24, 2.45) is 5.92 Å². The number of hydrogen-bond donors (Lipinski definition) is 1. The largest absolute Gasteiger partial charge is 0.378 e. The van der Waals surface area contributed by atoms with Crippen LogP contribution in [0.5, 0.6) is 0 Å². The number of ether oxygens (including phenoxy) is 1. The van der Waals surface area contributed by atoms with Crippen molar-refractivity contribution in [1.82, 2.24) is 9.88 Å². The highest BCUT2D eigenvalue weighted by Crippen LogP contribution is 2.32. The SMILES string of the molecule is CSc1cnc(N2CCC(CC(=O)N3CCOCC3)CC2)c(NC(=O)c2cccc(Cl)c2)c1. The molecule has 4 rings (SSSR count). The van der Waals surface area contributed by atoms with E-state index in [-0.39, 0.29) is 11.8 Å². The molecular formula is C24H29ClN4O3S. The van der Waals surface area contributed by atoms with Gasteiger partial charge in [-0.3, -0.25) is 9.59 Å². The molecule has 1 aromatic carbocycles. The summed E-state index contributed by atoms with van der Waals surface area (Å²) in [5.74, 6) is 1.14. The highest BCUT2D eigenvalue weighted by Gasteiger charge is 2.27. The van der Waals surface area contributed by atoms with E-state index in [2.05, 4.69) is 15.2 Å². The molecule has 2 aromatic rings. The van der Waals surface area contributed by atoms with Gasteiger partial charge < -0.3 is 19.9 Å². The summed E-state index contributed by atoms with van der Waals surface area (Å²) < 4.78 is 5.35. The van der Waals surface area contributed by atoms with Crippen LogP contribution in [-0.4, -0.2) is 67.3 Å². The van der Waals surface area contributed by atoms with Crippen molar-refractivity contribution >= 4 is 46.7 Å². The molecule has 33 heavy (non-hydrogen) atoms. The zero-order chi connectivity index (χ0) is 23.2. The quantitative estimate of drug-likeness (QED) is 0.615.